The van der Waals surface area contributed by atoms with E-state index < -0.39 is 0 Å². The van der Waals surface area contributed by atoms with Crippen molar-refractivity contribution in [2.45, 2.75) is 51.7 Å². The van der Waals surface area contributed by atoms with Crippen molar-refractivity contribution in [2.75, 3.05) is 69.6 Å². The Bertz CT molecular complexity index is 2360. The van der Waals surface area contributed by atoms with Crippen LogP contribution in [0.25, 0.3) is 10.9 Å². The van der Waals surface area contributed by atoms with Gasteiger partial charge in [0.25, 0.3) is 0 Å². The summed E-state index contributed by atoms with van der Waals surface area (Å²) >= 11 is 0. The van der Waals surface area contributed by atoms with Gasteiger partial charge in [-0.25, -0.2) is 5.01 Å². The van der Waals surface area contributed by atoms with E-state index in [0.29, 0.717) is 61.4 Å². The van der Waals surface area contributed by atoms with Crippen molar-refractivity contribution in [2.24, 2.45) is 15.5 Å². The first kappa shape index (κ1) is 45.8. The number of oxime groups is 1. The standard InChI is InChI=1S/C48H56N8O7/c1-5-24-60-25-11-22-49-45(57)20-26-62-29-30-63-50-32-37-34-55(59)44-19-17-38(31-42(37)44)51-46(58)21-27-61-28-23-54-33-36-12-7-8-13-40(36)48-47(41-14-9-10-15-43(41)54)52-53-56(48)39(6-2)18-16-35(3)4/h1,6-10,12-19,31-32,34,47-48,59H,3,11,20-30,33H2,2,4H3,(H,49,57)(H,51,58)/b18-16-,39-6+,50-32+. The van der Waals surface area contributed by atoms with E-state index in [4.69, 9.17) is 35.8 Å². The second-order valence-corrected chi connectivity index (χ2v) is 15.0. The van der Waals surface area contributed by atoms with Crippen molar-refractivity contribution in [3.63, 3.8) is 0 Å². The number of aromatic nitrogens is 1. The minimum atomic E-state index is -0.221. The summed E-state index contributed by atoms with van der Waals surface area (Å²) in [4.78, 5) is 32.6. The molecule has 0 radical (unpaired) electrons. The number of allylic oxidation sites excluding steroid dienone is 4. The van der Waals surface area contributed by atoms with Gasteiger partial charge in [-0.15, -0.1) is 6.42 Å². The van der Waals surface area contributed by atoms with Crippen LogP contribution in [0.4, 0.5) is 11.4 Å². The number of amides is 2. The van der Waals surface area contributed by atoms with E-state index in [0.717, 1.165) is 27.3 Å². The third-order valence-electron chi connectivity index (χ3n) is 10.4. The smallest absolute Gasteiger partial charge is 0.226 e. The fourth-order valence-corrected chi connectivity index (χ4v) is 7.34. The second kappa shape index (κ2) is 23.5. The number of hydrogen-bond acceptors (Lipinski definition) is 12. The molecule has 6 rings (SSSR count). The summed E-state index contributed by atoms with van der Waals surface area (Å²) in [7, 11) is 0. The van der Waals surface area contributed by atoms with Crippen LogP contribution in [0.1, 0.15) is 67.4 Å². The number of nitrogens with one attached hydrogen (secondary N) is 2. The van der Waals surface area contributed by atoms with Gasteiger partial charge in [0.15, 0.2) is 0 Å². The number of carbonyl (C=O) groups is 2. The number of fused-ring (bicyclic) bond motifs is 6. The molecule has 15 heteroatoms. The van der Waals surface area contributed by atoms with Crippen LogP contribution in [-0.4, -0.2) is 92.3 Å². The Morgan fingerprint density at radius 2 is 1.75 bits per heavy atom. The first-order valence-corrected chi connectivity index (χ1v) is 21.1. The van der Waals surface area contributed by atoms with Crippen LogP contribution in [0.15, 0.2) is 124 Å². The number of anilines is 2. The van der Waals surface area contributed by atoms with Crippen molar-refractivity contribution in [1.82, 2.24) is 15.1 Å². The van der Waals surface area contributed by atoms with Gasteiger partial charge in [0.05, 0.1) is 56.5 Å². The zero-order valence-electron chi connectivity index (χ0n) is 35.9. The van der Waals surface area contributed by atoms with Crippen molar-refractivity contribution in [1.29, 1.82) is 0 Å². The average molecular weight is 857 g/mol. The van der Waals surface area contributed by atoms with Crippen LogP contribution in [0.3, 0.4) is 0 Å². The van der Waals surface area contributed by atoms with E-state index in [-0.39, 0.29) is 69.8 Å². The molecule has 0 bridgehead atoms. The number of nitrogens with zero attached hydrogens (tertiary/aromatic N) is 6. The molecule has 4 aromatic rings. The number of ether oxygens (including phenoxy) is 3. The Hall–Kier alpha value is -6.73. The SMILES string of the molecule is C#CCOCCCNC(=O)CCOCCO/N=C/c1cn(O)c2ccc(NC(=O)CCOCCN3Cc4ccccc4C4C(N=NN4C(/C=C\C(=C)C)=C/C)c4ccccc43)cc12. The quantitative estimate of drug-likeness (QED) is 0.0170. The molecule has 1 aromatic heterocycles. The lowest BCUT2D eigenvalue weighted by Crippen LogP contribution is -2.33. The van der Waals surface area contributed by atoms with E-state index in [9.17, 15) is 14.8 Å². The summed E-state index contributed by atoms with van der Waals surface area (Å²) in [5.74, 6) is 2.08. The minimum absolute atomic E-state index is 0.111. The van der Waals surface area contributed by atoms with Crippen molar-refractivity contribution in [3.8, 4) is 12.3 Å². The summed E-state index contributed by atoms with van der Waals surface area (Å²) in [5.41, 5.74) is 8.12. The van der Waals surface area contributed by atoms with Gasteiger partial charge in [-0.05, 0) is 61.7 Å². The van der Waals surface area contributed by atoms with Crippen LogP contribution in [-0.2, 0) is 35.2 Å². The largest absolute Gasteiger partial charge is 0.428 e. The van der Waals surface area contributed by atoms with E-state index in [1.807, 2.05) is 49.2 Å². The van der Waals surface area contributed by atoms with Crippen molar-refractivity contribution < 1.29 is 33.8 Å². The molecule has 0 spiro atoms. The molecule has 2 aliphatic rings. The molecule has 2 unspecified atom stereocenters. The summed E-state index contributed by atoms with van der Waals surface area (Å²) in [6.45, 7) is 11.8. The van der Waals surface area contributed by atoms with Gasteiger partial charge in [-0.1, -0.05) is 83.1 Å². The Morgan fingerprint density at radius 3 is 2.56 bits per heavy atom. The highest BCUT2D eigenvalue weighted by atomic mass is 16.6. The van der Waals surface area contributed by atoms with Crippen LogP contribution in [0.2, 0.25) is 0 Å². The van der Waals surface area contributed by atoms with Crippen LogP contribution in [0, 0.1) is 12.3 Å². The van der Waals surface area contributed by atoms with E-state index in [2.05, 4.69) is 69.6 Å². The molecule has 3 N–H and O–H groups in total. The van der Waals surface area contributed by atoms with Gasteiger partial charge < -0.3 is 39.8 Å². The number of para-hydroxylation sites is 1. The highest BCUT2D eigenvalue weighted by molar-refractivity contribution is 6.02. The lowest BCUT2D eigenvalue weighted by Gasteiger charge is -2.36. The molecule has 0 fully saturated rings. The molecule has 330 valence electrons. The predicted octanol–water partition coefficient (Wildman–Crippen LogP) is 7.66. The molecule has 0 aliphatic carbocycles. The molecular weight excluding hydrogens is 801 g/mol. The van der Waals surface area contributed by atoms with Gasteiger partial charge in [-0.3, -0.25) is 9.59 Å². The Kier molecular flexibility index (Phi) is 17.1. The zero-order valence-corrected chi connectivity index (χ0v) is 35.9. The molecule has 15 nitrogen and oxygen atoms in total. The minimum Gasteiger partial charge on any atom is -0.428 e. The number of benzene rings is 3. The average Bonchev–Trinajstić information content (AvgIpc) is 3.85. The summed E-state index contributed by atoms with van der Waals surface area (Å²) in [5, 5.41) is 32.4. The van der Waals surface area contributed by atoms with Crippen LogP contribution in [0.5, 0.6) is 0 Å². The number of hydrogen-bond donors (Lipinski definition) is 3. The van der Waals surface area contributed by atoms with Crippen molar-refractivity contribution >= 4 is 40.3 Å². The lowest BCUT2D eigenvalue weighted by molar-refractivity contribution is -0.122. The van der Waals surface area contributed by atoms with Gasteiger partial charge in [-0.2, -0.15) is 9.84 Å². The van der Waals surface area contributed by atoms with Gasteiger partial charge in [0.2, 0.25) is 11.8 Å². The Morgan fingerprint density at radius 1 is 0.968 bits per heavy atom. The second-order valence-electron chi connectivity index (χ2n) is 15.0. The monoisotopic (exact) mass is 856 g/mol. The first-order valence-electron chi connectivity index (χ1n) is 21.1. The van der Waals surface area contributed by atoms with Gasteiger partial charge in [0.1, 0.15) is 25.3 Å². The van der Waals surface area contributed by atoms with Crippen LogP contribution < -0.4 is 15.5 Å². The zero-order chi connectivity index (χ0) is 44.4. The Labute approximate surface area is 368 Å². The van der Waals surface area contributed by atoms with Crippen molar-refractivity contribution in [3.05, 3.63) is 131 Å². The van der Waals surface area contributed by atoms with E-state index in [1.54, 1.807) is 18.2 Å². The molecule has 2 aliphatic heterocycles. The fourth-order valence-electron chi connectivity index (χ4n) is 7.34. The summed E-state index contributed by atoms with van der Waals surface area (Å²) in [6, 6.07) is 21.7. The molecular formula is C48H56N8O7. The molecule has 3 heterocycles. The van der Waals surface area contributed by atoms with Gasteiger partial charge in [0, 0.05) is 60.5 Å². The predicted molar refractivity (Wildman–Crippen MR) is 243 cm³/mol. The Balaban J connectivity index is 0.961. The molecule has 63 heavy (non-hydrogen) atoms. The maximum Gasteiger partial charge on any atom is 0.226 e. The molecule has 3 aromatic carbocycles. The van der Waals surface area contributed by atoms with Gasteiger partial charge >= 0.3 is 0 Å². The highest BCUT2D eigenvalue weighted by Crippen LogP contribution is 2.49. The molecule has 2 atom stereocenters. The van der Waals surface area contributed by atoms with E-state index >= 15 is 0 Å². The van der Waals surface area contributed by atoms with E-state index in [1.165, 1.54) is 23.5 Å². The number of rotatable bonds is 23. The third-order valence-corrected chi connectivity index (χ3v) is 10.4. The number of carbonyl (C=O) groups excluding carboxylic acids is 2. The fraction of sp³-hybridized carbons (Fsp3) is 0.354. The summed E-state index contributed by atoms with van der Waals surface area (Å²) in [6.07, 6.45) is 15.3. The highest BCUT2D eigenvalue weighted by Gasteiger charge is 2.40. The third kappa shape index (κ3) is 12.7. The topological polar surface area (TPSA) is 164 Å². The van der Waals surface area contributed by atoms with Crippen LogP contribution >= 0.6 is 0 Å². The first-order chi connectivity index (χ1) is 30.8. The maximum absolute atomic E-state index is 13.0. The molecule has 2 amide bonds. The lowest BCUT2D eigenvalue weighted by atomic mass is 9.87. The molecule has 0 saturated carbocycles. The normalized spacial score (nSPS) is 15.8. The maximum atomic E-state index is 13.0. The molecule has 0 saturated heterocycles. The number of terminal acetylenes is 1. The summed E-state index contributed by atoms with van der Waals surface area (Å²) < 4.78 is 17.7.